The lowest BCUT2D eigenvalue weighted by atomic mass is 10.2. The van der Waals surface area contributed by atoms with Gasteiger partial charge in [0.25, 0.3) is 0 Å². The lowest BCUT2D eigenvalue weighted by Gasteiger charge is -2.09. The molecule has 2 nitrogen and oxygen atoms in total. The first-order valence-corrected chi connectivity index (χ1v) is 6.37. The Morgan fingerprint density at radius 2 is 1.82 bits per heavy atom. The molecule has 0 aliphatic heterocycles. The van der Waals surface area contributed by atoms with Gasteiger partial charge >= 0.3 is 0 Å². The molecule has 0 aromatic heterocycles. The van der Waals surface area contributed by atoms with Crippen LogP contribution in [0.5, 0.6) is 0 Å². The molecule has 4 heteroatoms. The summed E-state index contributed by atoms with van der Waals surface area (Å²) < 4.78 is 12.9. The van der Waals surface area contributed by atoms with Gasteiger partial charge in [-0.3, -0.25) is 0 Å². The van der Waals surface area contributed by atoms with E-state index in [1.54, 1.807) is 17.8 Å². The van der Waals surface area contributed by atoms with E-state index in [0.717, 1.165) is 5.69 Å². The molecule has 0 radical (unpaired) electrons. The fourth-order valence-electron chi connectivity index (χ4n) is 1.48. The van der Waals surface area contributed by atoms with Crippen LogP contribution in [0.4, 0.5) is 21.5 Å². The summed E-state index contributed by atoms with van der Waals surface area (Å²) in [5.74, 6) is -0.328. The molecular weight excluding hydrogens is 235 g/mol. The molecule has 0 saturated carbocycles. The van der Waals surface area contributed by atoms with Crippen molar-refractivity contribution in [3.05, 3.63) is 48.3 Å². The number of anilines is 3. The maximum absolute atomic E-state index is 12.9. The Bertz CT molecular complexity index is 511. The minimum atomic E-state index is -0.328. The maximum Gasteiger partial charge on any atom is 0.125 e. The van der Waals surface area contributed by atoms with Crippen LogP contribution in [0.25, 0.3) is 0 Å². The summed E-state index contributed by atoms with van der Waals surface area (Å²) in [7, 11) is 0. The van der Waals surface area contributed by atoms with Gasteiger partial charge in [0.05, 0.1) is 11.4 Å². The highest BCUT2D eigenvalue weighted by Crippen LogP contribution is 2.25. The fourth-order valence-corrected chi connectivity index (χ4v) is 1.89. The molecule has 0 aliphatic rings. The van der Waals surface area contributed by atoms with Crippen molar-refractivity contribution in [2.24, 2.45) is 0 Å². The zero-order chi connectivity index (χ0) is 12.3. The number of benzene rings is 2. The second-order valence-corrected chi connectivity index (χ2v) is 4.46. The van der Waals surface area contributed by atoms with Gasteiger partial charge in [-0.05, 0) is 48.7 Å². The standard InChI is InChI=1S/C13H13FN2S/c1-17-11-5-3-10(4-6-11)16-13-7-2-9(14)8-12(13)15/h2-8,16H,15H2,1H3. The zero-order valence-electron chi connectivity index (χ0n) is 9.41. The van der Waals surface area contributed by atoms with Crippen molar-refractivity contribution in [3.8, 4) is 0 Å². The third-order valence-corrected chi connectivity index (χ3v) is 3.13. The zero-order valence-corrected chi connectivity index (χ0v) is 10.2. The van der Waals surface area contributed by atoms with Crippen LogP contribution in [-0.2, 0) is 0 Å². The summed E-state index contributed by atoms with van der Waals surface area (Å²) in [4.78, 5) is 1.20. The molecule has 0 unspecified atom stereocenters. The van der Waals surface area contributed by atoms with Crippen LogP contribution >= 0.6 is 11.8 Å². The van der Waals surface area contributed by atoms with E-state index >= 15 is 0 Å². The quantitative estimate of drug-likeness (QED) is 0.639. The van der Waals surface area contributed by atoms with Crippen LogP contribution in [0, 0.1) is 5.82 Å². The maximum atomic E-state index is 12.9. The SMILES string of the molecule is CSc1ccc(Nc2ccc(F)cc2N)cc1. The Labute approximate surface area is 104 Å². The first-order chi connectivity index (χ1) is 8.19. The molecule has 3 N–H and O–H groups in total. The van der Waals surface area contributed by atoms with Crippen molar-refractivity contribution < 1.29 is 4.39 Å². The molecule has 0 heterocycles. The summed E-state index contributed by atoms with van der Waals surface area (Å²) in [5, 5.41) is 3.15. The van der Waals surface area contributed by atoms with E-state index in [1.807, 2.05) is 30.5 Å². The number of rotatable bonds is 3. The van der Waals surface area contributed by atoms with Crippen molar-refractivity contribution in [3.63, 3.8) is 0 Å². The van der Waals surface area contributed by atoms with E-state index in [4.69, 9.17) is 5.73 Å². The molecular formula is C13H13FN2S. The Balaban J connectivity index is 2.19. The number of nitrogens with two attached hydrogens (primary N) is 1. The van der Waals surface area contributed by atoms with Crippen LogP contribution in [0.1, 0.15) is 0 Å². The minimum Gasteiger partial charge on any atom is -0.397 e. The Hall–Kier alpha value is -1.68. The average Bonchev–Trinajstić information content (AvgIpc) is 2.34. The van der Waals surface area contributed by atoms with E-state index < -0.39 is 0 Å². The second-order valence-electron chi connectivity index (χ2n) is 3.59. The highest BCUT2D eigenvalue weighted by molar-refractivity contribution is 7.98. The summed E-state index contributed by atoms with van der Waals surface area (Å²) in [6.45, 7) is 0. The van der Waals surface area contributed by atoms with Crippen LogP contribution in [0.2, 0.25) is 0 Å². The number of halogens is 1. The Morgan fingerprint density at radius 3 is 2.41 bits per heavy atom. The van der Waals surface area contributed by atoms with Gasteiger partial charge in [0.2, 0.25) is 0 Å². The normalized spacial score (nSPS) is 10.2. The molecule has 0 amide bonds. The van der Waals surface area contributed by atoms with E-state index in [2.05, 4.69) is 5.32 Å². The van der Waals surface area contributed by atoms with Gasteiger partial charge in [-0.2, -0.15) is 0 Å². The van der Waals surface area contributed by atoms with Crippen LogP contribution in [-0.4, -0.2) is 6.26 Å². The predicted molar refractivity (Wildman–Crippen MR) is 72.3 cm³/mol. The lowest BCUT2D eigenvalue weighted by molar-refractivity contribution is 0.628. The van der Waals surface area contributed by atoms with E-state index in [0.29, 0.717) is 11.4 Å². The number of hydrogen-bond donors (Lipinski definition) is 2. The second kappa shape index (κ2) is 5.10. The Morgan fingerprint density at radius 1 is 1.12 bits per heavy atom. The first-order valence-electron chi connectivity index (χ1n) is 5.15. The number of thioether (sulfide) groups is 1. The van der Waals surface area contributed by atoms with Crippen molar-refractivity contribution in [2.45, 2.75) is 4.90 Å². The molecule has 0 bridgehead atoms. The highest BCUT2D eigenvalue weighted by Gasteiger charge is 2.01. The van der Waals surface area contributed by atoms with Gasteiger partial charge in [0.1, 0.15) is 5.82 Å². The monoisotopic (exact) mass is 248 g/mol. The van der Waals surface area contributed by atoms with E-state index in [-0.39, 0.29) is 5.82 Å². The van der Waals surface area contributed by atoms with Gasteiger partial charge in [0, 0.05) is 10.6 Å². The molecule has 17 heavy (non-hydrogen) atoms. The molecule has 0 aliphatic carbocycles. The predicted octanol–water partition coefficient (Wildman–Crippen LogP) is 3.87. The van der Waals surface area contributed by atoms with Gasteiger partial charge < -0.3 is 11.1 Å². The molecule has 0 spiro atoms. The highest BCUT2D eigenvalue weighted by atomic mass is 32.2. The molecule has 0 fully saturated rings. The number of nitrogens with one attached hydrogen (secondary N) is 1. The number of nitrogen functional groups attached to an aromatic ring is 1. The van der Waals surface area contributed by atoms with Gasteiger partial charge in [-0.15, -0.1) is 11.8 Å². The molecule has 2 rings (SSSR count). The van der Waals surface area contributed by atoms with Crippen molar-refractivity contribution in [2.75, 3.05) is 17.3 Å². The molecule has 2 aromatic rings. The lowest BCUT2D eigenvalue weighted by Crippen LogP contribution is -1.96. The summed E-state index contributed by atoms with van der Waals surface area (Å²) in [6.07, 6.45) is 2.03. The van der Waals surface area contributed by atoms with Crippen LogP contribution in [0.15, 0.2) is 47.4 Å². The van der Waals surface area contributed by atoms with E-state index in [1.165, 1.54) is 17.0 Å². The smallest absolute Gasteiger partial charge is 0.125 e. The number of hydrogen-bond acceptors (Lipinski definition) is 3. The molecule has 0 saturated heterocycles. The van der Waals surface area contributed by atoms with Crippen molar-refractivity contribution >= 4 is 28.8 Å². The third-order valence-electron chi connectivity index (χ3n) is 2.38. The topological polar surface area (TPSA) is 38.0 Å². The summed E-state index contributed by atoms with van der Waals surface area (Å²) in [6, 6.07) is 12.3. The first kappa shape index (κ1) is 11.8. The van der Waals surface area contributed by atoms with Crippen molar-refractivity contribution in [1.29, 1.82) is 0 Å². The third kappa shape index (κ3) is 2.91. The molecule has 2 aromatic carbocycles. The molecule has 0 atom stereocenters. The van der Waals surface area contributed by atoms with Crippen molar-refractivity contribution in [1.82, 2.24) is 0 Å². The van der Waals surface area contributed by atoms with Gasteiger partial charge in [-0.25, -0.2) is 4.39 Å². The van der Waals surface area contributed by atoms with Crippen LogP contribution < -0.4 is 11.1 Å². The van der Waals surface area contributed by atoms with Crippen LogP contribution in [0.3, 0.4) is 0 Å². The van der Waals surface area contributed by atoms with Gasteiger partial charge in [-0.1, -0.05) is 0 Å². The fraction of sp³-hybridized carbons (Fsp3) is 0.0769. The largest absolute Gasteiger partial charge is 0.397 e. The summed E-state index contributed by atoms with van der Waals surface area (Å²) >= 11 is 1.69. The van der Waals surface area contributed by atoms with E-state index in [9.17, 15) is 4.39 Å². The Kier molecular flexibility index (Phi) is 3.54. The molecule has 88 valence electrons. The average molecular weight is 248 g/mol. The van der Waals surface area contributed by atoms with Gasteiger partial charge in [0.15, 0.2) is 0 Å². The summed E-state index contributed by atoms with van der Waals surface area (Å²) in [5.41, 5.74) is 7.76. The minimum absolute atomic E-state index is 0.328.